The molecule has 0 aromatic heterocycles. The molecule has 0 aliphatic rings. The minimum Gasteiger partial charge on any atom is -0.358 e. The fourth-order valence-electron chi connectivity index (χ4n) is 3.62. The van der Waals surface area contributed by atoms with Gasteiger partial charge in [-0.2, -0.15) is 36.4 Å². The Morgan fingerprint density at radius 1 is 0.516 bits per heavy atom. The molecule has 2 radical (unpaired) electrons. The van der Waals surface area contributed by atoms with E-state index in [0.29, 0.717) is 0 Å². The Labute approximate surface area is 212 Å². The predicted octanol–water partition coefficient (Wildman–Crippen LogP) is 6.18. The molecule has 4 rings (SSSR count). The van der Waals surface area contributed by atoms with Gasteiger partial charge in [0.25, 0.3) is 0 Å². The second-order valence-electron chi connectivity index (χ2n) is 7.69. The van der Waals surface area contributed by atoms with Gasteiger partial charge in [0.15, 0.2) is 0 Å². The van der Waals surface area contributed by atoms with Crippen molar-refractivity contribution in [3.63, 3.8) is 0 Å². The van der Waals surface area contributed by atoms with Gasteiger partial charge in [-0.05, 0) is 41.5 Å². The molecule has 0 aliphatic carbocycles. The van der Waals surface area contributed by atoms with Crippen molar-refractivity contribution in [3.8, 4) is 0 Å². The van der Waals surface area contributed by atoms with E-state index in [-0.39, 0.29) is 43.1 Å². The zero-order valence-corrected chi connectivity index (χ0v) is 23.8. The molecule has 0 bridgehead atoms. The molecule has 0 N–H and O–H groups in total. The Kier molecular flexibility index (Phi) is 14.3. The number of aryl methyl sites for hydroxylation is 6. The van der Waals surface area contributed by atoms with Crippen LogP contribution in [0, 0.1) is 49.0 Å². The van der Waals surface area contributed by atoms with Gasteiger partial charge in [0.2, 0.25) is 0 Å². The number of benzene rings is 2. The molecule has 0 atom stereocenters. The van der Waals surface area contributed by atoms with Crippen molar-refractivity contribution in [1.29, 1.82) is 0 Å². The molecule has 160 valence electrons. The molecule has 0 saturated heterocycles. The van der Waals surface area contributed by atoms with Crippen LogP contribution in [0.2, 0.25) is 0 Å². The van der Waals surface area contributed by atoms with Crippen molar-refractivity contribution in [2.24, 2.45) is 0 Å². The fraction of sp³-hybridized carbons (Fsp3) is 0.207. The molecule has 0 amide bonds. The summed E-state index contributed by atoms with van der Waals surface area (Å²) in [5, 5.41) is 3.14. The molecular formula is C29H36SiZr. The van der Waals surface area contributed by atoms with Gasteiger partial charge >= 0.3 is 26.2 Å². The summed E-state index contributed by atoms with van der Waals surface area (Å²) < 4.78 is 0. The van der Waals surface area contributed by atoms with Crippen LogP contribution in [-0.4, -0.2) is 9.52 Å². The first kappa shape index (κ1) is 29.2. The molecule has 0 spiro atoms. The van der Waals surface area contributed by atoms with Crippen LogP contribution >= 0.6 is 0 Å². The van der Waals surface area contributed by atoms with Gasteiger partial charge in [-0.3, -0.25) is 0 Å². The van der Waals surface area contributed by atoms with Crippen LogP contribution in [0.15, 0.2) is 84.9 Å². The summed E-state index contributed by atoms with van der Waals surface area (Å²) >= 11 is 0. The third-order valence-electron chi connectivity index (χ3n) is 4.88. The minimum atomic E-state index is 0. The Balaban J connectivity index is 0.000000615. The normalized spacial score (nSPS) is 9.23. The minimum absolute atomic E-state index is 0. The predicted molar refractivity (Wildman–Crippen MR) is 138 cm³/mol. The summed E-state index contributed by atoms with van der Waals surface area (Å²) in [4.78, 5) is 0. The molecular weight excluding hydrogens is 468 g/mol. The first-order valence-electron chi connectivity index (χ1n) is 10.2. The molecule has 4 aromatic carbocycles. The van der Waals surface area contributed by atoms with Crippen molar-refractivity contribution in [2.75, 3.05) is 0 Å². The molecule has 31 heavy (non-hydrogen) atoms. The van der Waals surface area contributed by atoms with Crippen molar-refractivity contribution in [3.05, 3.63) is 126 Å². The van der Waals surface area contributed by atoms with Crippen LogP contribution in [0.1, 0.15) is 33.4 Å². The first-order chi connectivity index (χ1) is 13.9. The smallest absolute Gasteiger partial charge is 0.358 e. The van der Waals surface area contributed by atoms with Crippen LogP contribution in [0.4, 0.5) is 0 Å². The van der Waals surface area contributed by atoms with Gasteiger partial charge in [-0.15, -0.1) is 0 Å². The second kappa shape index (κ2) is 15.1. The largest absolute Gasteiger partial charge is 3.00 e. The quantitative estimate of drug-likeness (QED) is 0.226. The summed E-state index contributed by atoms with van der Waals surface area (Å²) in [7, 11) is 0.191. The molecule has 0 fully saturated rings. The standard InChI is InChI=1S/C18H23Si.2C5H5.CH3.Zr/c1-11-7-13(3)17(14(4)8-11)19-18-15(5)9-12(2)10-16(18)6;2*1-2-4-5-3-1;;/h7-10,19H,1-6H3;2*1-5H;1H3;/q;3*-1;+3. The zero-order valence-electron chi connectivity index (χ0n) is 20.2. The molecule has 0 nitrogen and oxygen atoms in total. The van der Waals surface area contributed by atoms with Crippen LogP contribution < -0.4 is 10.4 Å². The maximum absolute atomic E-state index is 2.31. The van der Waals surface area contributed by atoms with Gasteiger partial charge in [-0.25, -0.2) is 24.3 Å². The van der Waals surface area contributed by atoms with Crippen LogP contribution in [0.3, 0.4) is 0 Å². The average molecular weight is 504 g/mol. The van der Waals surface area contributed by atoms with Gasteiger partial charge in [0.05, 0.1) is 0 Å². The van der Waals surface area contributed by atoms with Gasteiger partial charge in [0, 0.05) is 0 Å². The topological polar surface area (TPSA) is 0 Å². The zero-order chi connectivity index (χ0) is 21.2. The summed E-state index contributed by atoms with van der Waals surface area (Å²) in [6.07, 6.45) is 0. The van der Waals surface area contributed by atoms with Gasteiger partial charge < -0.3 is 7.43 Å². The van der Waals surface area contributed by atoms with Crippen LogP contribution in [0.5, 0.6) is 0 Å². The van der Waals surface area contributed by atoms with E-state index >= 15 is 0 Å². The van der Waals surface area contributed by atoms with Gasteiger partial charge in [0.1, 0.15) is 9.52 Å². The SMILES string of the molecule is Cc1cc(C)c([SiH]c2c(C)cc(C)cc2C)c(C)c1.[CH3-].[Zr+3].c1cc[cH-]c1.c1cc[cH-]c1. The van der Waals surface area contributed by atoms with Crippen LogP contribution in [0.25, 0.3) is 0 Å². The molecule has 0 aliphatic heterocycles. The first-order valence-corrected chi connectivity index (χ1v) is 11.4. The number of hydrogen-bond donors (Lipinski definition) is 0. The van der Waals surface area contributed by atoms with E-state index < -0.39 is 0 Å². The van der Waals surface area contributed by atoms with E-state index in [1.165, 1.54) is 33.4 Å². The molecule has 0 saturated carbocycles. The van der Waals surface area contributed by atoms with E-state index in [2.05, 4.69) is 65.8 Å². The number of hydrogen-bond acceptors (Lipinski definition) is 0. The van der Waals surface area contributed by atoms with Crippen molar-refractivity contribution in [1.82, 2.24) is 0 Å². The fourth-order valence-corrected chi connectivity index (χ4v) is 5.16. The Morgan fingerprint density at radius 2 is 0.774 bits per heavy atom. The Hall–Kier alpha value is -1.76. The van der Waals surface area contributed by atoms with Gasteiger partial charge in [-0.1, -0.05) is 68.0 Å². The third-order valence-corrected chi connectivity index (χ3v) is 7.27. The van der Waals surface area contributed by atoms with Crippen molar-refractivity contribution < 1.29 is 26.2 Å². The Morgan fingerprint density at radius 3 is 0.968 bits per heavy atom. The molecule has 0 unspecified atom stereocenters. The molecule has 0 heterocycles. The summed E-state index contributed by atoms with van der Waals surface area (Å²) in [6, 6.07) is 29.3. The maximum atomic E-state index is 2.31. The second-order valence-corrected chi connectivity index (χ2v) is 9.14. The van der Waals surface area contributed by atoms with E-state index in [0.717, 1.165) is 0 Å². The average Bonchev–Trinajstić information content (AvgIpc) is 3.38. The third kappa shape index (κ3) is 9.93. The maximum Gasteiger partial charge on any atom is 3.00 e. The van der Waals surface area contributed by atoms with Crippen molar-refractivity contribution >= 4 is 19.9 Å². The van der Waals surface area contributed by atoms with E-state index in [1.807, 2.05) is 60.7 Å². The van der Waals surface area contributed by atoms with Crippen molar-refractivity contribution in [2.45, 2.75) is 41.5 Å². The number of rotatable bonds is 2. The molecule has 2 heteroatoms. The van der Waals surface area contributed by atoms with E-state index in [1.54, 1.807) is 10.4 Å². The molecule has 4 aromatic rings. The monoisotopic (exact) mass is 502 g/mol. The summed E-state index contributed by atoms with van der Waals surface area (Å²) in [5.41, 5.74) is 8.54. The Bertz CT molecular complexity index is 818. The van der Waals surface area contributed by atoms with Crippen LogP contribution in [-0.2, 0) is 26.2 Å². The summed E-state index contributed by atoms with van der Waals surface area (Å²) in [5.74, 6) is 0. The van der Waals surface area contributed by atoms with E-state index in [9.17, 15) is 0 Å². The van der Waals surface area contributed by atoms with E-state index in [4.69, 9.17) is 0 Å². The summed E-state index contributed by atoms with van der Waals surface area (Å²) in [6.45, 7) is 13.4.